The van der Waals surface area contributed by atoms with Gasteiger partial charge in [0.1, 0.15) is 5.82 Å². The molecule has 6 heteroatoms. The minimum Gasteiger partial charge on any atom is -0.509 e. The first-order valence-corrected chi connectivity index (χ1v) is 21.7. The van der Waals surface area contributed by atoms with E-state index in [0.717, 1.165) is 72.3 Å². The Morgan fingerprint density at radius 3 is 1.81 bits per heavy atom. The number of aryl methyl sites for hydroxylation is 1. The van der Waals surface area contributed by atoms with Crippen LogP contribution in [-0.2, 0) is 21.1 Å². The monoisotopic (exact) mass is 1050 g/mol. The van der Waals surface area contributed by atoms with Gasteiger partial charge in [0.05, 0.1) is 0 Å². The summed E-state index contributed by atoms with van der Waals surface area (Å²) in [7, 11) is 0. The summed E-state index contributed by atoms with van der Waals surface area (Å²) in [6.07, 6.45) is 1.61. The molecule has 0 fully saturated rings. The molecule has 0 amide bonds. The third-order valence-electron chi connectivity index (χ3n) is 12.1. The minimum atomic E-state index is -2.46. The Balaban J connectivity index is 0.00000574. The summed E-state index contributed by atoms with van der Waals surface area (Å²) in [6.45, 7) is -0.546. The number of hydrogen-bond donors (Lipinski definition) is 0. The third-order valence-corrected chi connectivity index (χ3v) is 12.1. The van der Waals surface area contributed by atoms with Crippen LogP contribution in [0, 0.1) is 25.7 Å². The van der Waals surface area contributed by atoms with Gasteiger partial charge in [-0.05, 0) is 72.6 Å². The van der Waals surface area contributed by atoms with Crippen LogP contribution in [-0.4, -0.2) is 9.55 Å². The number of pyridine rings is 1. The zero-order valence-electron chi connectivity index (χ0n) is 41.7. The molecule has 1 aliphatic heterocycles. The fourth-order valence-electron chi connectivity index (χ4n) is 9.02. The average molecular weight is 1050 g/mol. The maximum Gasteiger partial charge on any atom is 0.135 e. The van der Waals surface area contributed by atoms with Crippen LogP contribution in [0.1, 0.15) is 13.8 Å². The molecule has 0 bridgehead atoms. The van der Waals surface area contributed by atoms with Crippen molar-refractivity contribution in [1.29, 1.82) is 0 Å². The number of rotatable bonds is 9. The van der Waals surface area contributed by atoms with Gasteiger partial charge in [-0.2, -0.15) is 12.1 Å². The SMILES string of the molecule is [2H]c1c(Oc2[c-]c3c(cc2)c2cc(-c4ccccc4)ccc2n3-c2cc(C([2H])([2H])[2H])c(-c3ccccc3)cn2)[c-]c(N2[CH-]N(c3c(-c4ccccc4)cccc3-c3ccccc3)c3ccccc32)c([2H])c1[2H].[Pt]. The summed E-state index contributed by atoms with van der Waals surface area (Å²) in [5.41, 5.74) is 11.6. The first-order chi connectivity index (χ1) is 35.1. The van der Waals surface area contributed by atoms with Gasteiger partial charge >= 0.3 is 0 Å². The van der Waals surface area contributed by atoms with Crippen LogP contribution in [0.5, 0.6) is 11.5 Å². The summed E-state index contributed by atoms with van der Waals surface area (Å²) in [6, 6.07) is 71.4. The van der Waals surface area contributed by atoms with Gasteiger partial charge in [-0.25, -0.2) is 4.98 Å². The standard InChI is InChI=1S/C61H41N4O.Pt/c1-42-36-60(62-40-55(42)46-24-12-5-13-25-46)65-56-35-32-47(43-18-6-2-7-19-43)37-54(56)53-34-33-50(39-59(53)65)66-49-27-16-26-48(38-49)63-41-64(58-31-15-14-30-57(58)63)61-51(44-20-8-3-9-21-44)28-17-29-52(61)45-22-10-4-11-23-45;/h2-37,40-41H,1H3;/q-3;/i1D3,16D,26D,27D;. The van der Waals surface area contributed by atoms with Crippen LogP contribution in [0.2, 0.25) is 0 Å². The Bertz CT molecular complexity index is 3800. The Morgan fingerprint density at radius 2 is 1.15 bits per heavy atom. The number of ether oxygens (including phenoxy) is 1. The molecule has 2 aromatic heterocycles. The van der Waals surface area contributed by atoms with Crippen LogP contribution >= 0.6 is 0 Å². The molecule has 67 heavy (non-hydrogen) atoms. The summed E-state index contributed by atoms with van der Waals surface area (Å²) in [4.78, 5) is 8.86. The van der Waals surface area contributed by atoms with Crippen LogP contribution < -0.4 is 14.5 Å². The number of benzene rings is 9. The normalized spacial score (nSPS) is 13.5. The van der Waals surface area contributed by atoms with Crippen molar-refractivity contribution in [1.82, 2.24) is 9.55 Å². The number of nitrogens with zero attached hydrogens (tertiary/aromatic N) is 4. The van der Waals surface area contributed by atoms with Crippen molar-refractivity contribution in [2.24, 2.45) is 0 Å². The maximum atomic E-state index is 9.31. The quantitative estimate of drug-likeness (QED) is 0.135. The molecule has 0 aliphatic carbocycles. The molecule has 0 atom stereocenters. The van der Waals surface area contributed by atoms with E-state index < -0.39 is 6.85 Å². The molecule has 3 heterocycles. The molecule has 0 saturated heterocycles. The molecule has 9 aromatic carbocycles. The first-order valence-electron chi connectivity index (χ1n) is 24.7. The van der Waals surface area contributed by atoms with Gasteiger partial charge in [0.2, 0.25) is 0 Å². The van der Waals surface area contributed by atoms with Gasteiger partial charge in [-0.3, -0.25) is 0 Å². The molecule has 0 saturated carbocycles. The number of para-hydroxylation sites is 3. The van der Waals surface area contributed by atoms with E-state index in [-0.39, 0.29) is 61.9 Å². The molecule has 0 N–H and O–H groups in total. The van der Waals surface area contributed by atoms with Crippen molar-refractivity contribution in [2.45, 2.75) is 6.85 Å². The van der Waals surface area contributed by atoms with Crippen molar-refractivity contribution in [3.05, 3.63) is 249 Å². The maximum absolute atomic E-state index is 9.31. The van der Waals surface area contributed by atoms with E-state index in [0.29, 0.717) is 16.9 Å². The largest absolute Gasteiger partial charge is 0.509 e. The topological polar surface area (TPSA) is 33.5 Å². The average Bonchev–Trinajstić information content (AvgIpc) is 3.96. The van der Waals surface area contributed by atoms with E-state index in [1.165, 1.54) is 0 Å². The predicted octanol–water partition coefficient (Wildman–Crippen LogP) is 16.0. The van der Waals surface area contributed by atoms with E-state index >= 15 is 0 Å². The number of fused-ring (bicyclic) bond motifs is 4. The van der Waals surface area contributed by atoms with Gasteiger partial charge in [-0.15, -0.1) is 48.0 Å². The van der Waals surface area contributed by atoms with E-state index in [4.69, 9.17) is 16.6 Å². The van der Waals surface area contributed by atoms with E-state index in [1.54, 1.807) is 18.3 Å². The minimum absolute atomic E-state index is 0. The molecule has 11 aromatic rings. The first kappa shape index (κ1) is 35.3. The van der Waals surface area contributed by atoms with Crippen molar-refractivity contribution >= 4 is 44.6 Å². The number of anilines is 4. The van der Waals surface area contributed by atoms with Gasteiger partial charge in [-0.1, -0.05) is 169 Å². The predicted molar refractivity (Wildman–Crippen MR) is 271 cm³/mol. The summed E-state index contributed by atoms with van der Waals surface area (Å²) in [5.74, 6) is 0.529. The molecule has 0 unspecified atom stereocenters. The van der Waals surface area contributed by atoms with Crippen molar-refractivity contribution in [2.75, 3.05) is 9.80 Å². The smallest absolute Gasteiger partial charge is 0.135 e. The summed E-state index contributed by atoms with van der Waals surface area (Å²) < 4.78 is 61.9. The van der Waals surface area contributed by atoms with Crippen LogP contribution in [0.4, 0.5) is 22.7 Å². The molecule has 0 radical (unpaired) electrons. The second-order valence-electron chi connectivity index (χ2n) is 16.0. The molecule has 1 aliphatic rings. The van der Waals surface area contributed by atoms with E-state index in [1.807, 2.05) is 144 Å². The fourth-order valence-corrected chi connectivity index (χ4v) is 9.02. The Morgan fingerprint density at radius 1 is 0.537 bits per heavy atom. The fraction of sp³-hybridized carbons (Fsp3) is 0.0164. The van der Waals surface area contributed by atoms with Crippen molar-refractivity contribution in [3.8, 4) is 61.8 Å². The molecule has 12 rings (SSSR count). The molecule has 324 valence electrons. The molecular weight excluding hydrogens is 1000 g/mol. The zero-order valence-corrected chi connectivity index (χ0v) is 38.0. The summed E-state index contributed by atoms with van der Waals surface area (Å²) >= 11 is 0. The van der Waals surface area contributed by atoms with Crippen molar-refractivity contribution < 1.29 is 34.0 Å². The van der Waals surface area contributed by atoms with Gasteiger partial charge < -0.3 is 19.1 Å². The summed E-state index contributed by atoms with van der Waals surface area (Å²) in [5, 5.41) is 1.70. The van der Waals surface area contributed by atoms with Crippen LogP contribution in [0.15, 0.2) is 225 Å². The second-order valence-corrected chi connectivity index (χ2v) is 16.0. The van der Waals surface area contributed by atoms with Crippen LogP contribution in [0.25, 0.3) is 72.1 Å². The van der Waals surface area contributed by atoms with Gasteiger partial charge in [0.25, 0.3) is 0 Å². The zero-order chi connectivity index (χ0) is 49.1. The Kier molecular flexibility index (Phi) is 9.36. The number of aromatic nitrogens is 2. The van der Waals surface area contributed by atoms with Gasteiger partial charge in [0, 0.05) is 83.5 Å². The second kappa shape index (κ2) is 17.8. The molecule has 5 nitrogen and oxygen atoms in total. The van der Waals surface area contributed by atoms with Crippen LogP contribution in [0.3, 0.4) is 0 Å². The molecule has 0 spiro atoms. The van der Waals surface area contributed by atoms with Crippen molar-refractivity contribution in [3.63, 3.8) is 0 Å². The van der Waals surface area contributed by atoms with E-state index in [2.05, 4.69) is 77.7 Å². The Hall–Kier alpha value is -7.98. The third kappa shape index (κ3) is 7.68. The number of hydrogen-bond acceptors (Lipinski definition) is 4. The van der Waals surface area contributed by atoms with E-state index in [9.17, 15) is 1.37 Å². The molecular formula is C61H41N4OPt-3. The van der Waals surface area contributed by atoms with Gasteiger partial charge in [0.15, 0.2) is 0 Å². The Labute approximate surface area is 413 Å².